The molecule has 3 N–H and O–H groups in total. The van der Waals surface area contributed by atoms with Gasteiger partial charge in [-0.25, -0.2) is 9.78 Å². The summed E-state index contributed by atoms with van der Waals surface area (Å²) in [4.78, 5) is 61.4. The van der Waals surface area contributed by atoms with Crippen LogP contribution in [-0.2, 0) is 23.9 Å². The summed E-state index contributed by atoms with van der Waals surface area (Å²) in [5, 5.41) is 16.5. The highest BCUT2D eigenvalue weighted by molar-refractivity contribution is 7.13. The maximum Gasteiger partial charge on any atom is 0.410 e. The number of ether oxygens (including phenoxy) is 2. The van der Waals surface area contributed by atoms with E-state index in [4.69, 9.17) is 9.47 Å². The zero-order valence-electron chi connectivity index (χ0n) is 30.8. The molecule has 2 fully saturated rings. The van der Waals surface area contributed by atoms with Crippen LogP contribution in [0.2, 0.25) is 0 Å². The summed E-state index contributed by atoms with van der Waals surface area (Å²) in [7, 11) is 0. The van der Waals surface area contributed by atoms with Crippen LogP contribution in [0.1, 0.15) is 97.9 Å². The maximum absolute atomic E-state index is 14.0. The van der Waals surface area contributed by atoms with Gasteiger partial charge in [-0.3, -0.25) is 14.4 Å². The second-order valence-electron chi connectivity index (χ2n) is 15.5. The van der Waals surface area contributed by atoms with E-state index in [0.29, 0.717) is 39.0 Å². The molecule has 2 aromatic rings. The number of nitrogens with zero attached hydrogens (tertiary/aromatic N) is 3. The summed E-state index contributed by atoms with van der Waals surface area (Å²) in [6.07, 6.45) is 0.983. The van der Waals surface area contributed by atoms with Gasteiger partial charge in [-0.05, 0) is 70.4 Å². The van der Waals surface area contributed by atoms with E-state index in [0.717, 1.165) is 21.7 Å². The number of thiazole rings is 1. The van der Waals surface area contributed by atoms with Crippen LogP contribution in [0.5, 0.6) is 0 Å². The van der Waals surface area contributed by atoms with Gasteiger partial charge < -0.3 is 35.0 Å². The van der Waals surface area contributed by atoms with Crippen molar-refractivity contribution in [2.45, 2.75) is 123 Å². The van der Waals surface area contributed by atoms with Crippen molar-refractivity contribution >= 4 is 35.2 Å². The van der Waals surface area contributed by atoms with Gasteiger partial charge in [0.1, 0.15) is 17.7 Å². The molecule has 2 aliphatic rings. The normalized spacial score (nSPS) is 19.9. The Bertz CT molecular complexity index is 1470. The molecule has 0 radical (unpaired) electrons. The number of rotatable bonds is 11. The van der Waals surface area contributed by atoms with E-state index in [1.165, 1.54) is 4.90 Å². The smallest absolute Gasteiger partial charge is 0.410 e. The molecule has 1 aromatic heterocycles. The number of benzene rings is 1. The van der Waals surface area contributed by atoms with Crippen molar-refractivity contribution in [1.29, 1.82) is 0 Å². The molecule has 12 nitrogen and oxygen atoms in total. The first kappa shape index (κ1) is 39.2. The molecule has 4 amide bonds. The number of aliphatic hydroxyl groups excluding tert-OH is 1. The minimum absolute atomic E-state index is 0.000416. The quantitative estimate of drug-likeness (QED) is 0.276. The Kier molecular flexibility index (Phi) is 13.1. The third-order valence-electron chi connectivity index (χ3n) is 9.06. The van der Waals surface area contributed by atoms with E-state index in [-0.39, 0.29) is 49.4 Å². The molecule has 0 saturated carbocycles. The molecule has 2 aliphatic heterocycles. The molecule has 0 aliphatic carbocycles. The summed E-state index contributed by atoms with van der Waals surface area (Å²) in [5.41, 5.74) is 3.57. The number of piperidine rings is 1. The van der Waals surface area contributed by atoms with E-state index in [2.05, 4.69) is 15.6 Å². The number of aromatic nitrogens is 1. The molecule has 276 valence electrons. The predicted molar refractivity (Wildman–Crippen MR) is 192 cm³/mol. The lowest BCUT2D eigenvalue weighted by Crippen LogP contribution is -2.57. The number of carbonyl (C=O) groups excluding carboxylic acids is 4. The third-order valence-corrected chi connectivity index (χ3v) is 10.0. The topological polar surface area (TPSA) is 150 Å². The van der Waals surface area contributed by atoms with E-state index < -0.39 is 35.1 Å². The molecule has 2 saturated heterocycles. The summed E-state index contributed by atoms with van der Waals surface area (Å²) < 4.78 is 11.5. The van der Waals surface area contributed by atoms with Gasteiger partial charge in [-0.1, -0.05) is 45.0 Å². The van der Waals surface area contributed by atoms with Gasteiger partial charge in [0, 0.05) is 39.1 Å². The number of amides is 4. The number of aryl methyl sites for hydroxylation is 1. The van der Waals surface area contributed by atoms with Gasteiger partial charge >= 0.3 is 6.09 Å². The summed E-state index contributed by atoms with van der Waals surface area (Å²) in [5.74, 6) is -1.03. The minimum atomic E-state index is -0.895. The molecule has 0 spiro atoms. The zero-order valence-corrected chi connectivity index (χ0v) is 31.6. The lowest BCUT2D eigenvalue weighted by atomic mass is 9.85. The predicted octanol–water partition coefficient (Wildman–Crippen LogP) is 4.98. The Morgan fingerprint density at radius 1 is 1.04 bits per heavy atom. The van der Waals surface area contributed by atoms with Crippen molar-refractivity contribution < 1.29 is 33.8 Å². The molecular formula is C37H55N5O7S. The molecule has 3 heterocycles. The number of β-amino-alcohol motifs (C(OH)–C–C–N with tert-alkyl or cyclic N) is 1. The van der Waals surface area contributed by atoms with Crippen molar-refractivity contribution in [3.05, 3.63) is 41.0 Å². The molecular weight excluding hydrogens is 659 g/mol. The Hall–Kier alpha value is -3.55. The monoisotopic (exact) mass is 713 g/mol. The summed E-state index contributed by atoms with van der Waals surface area (Å²) in [6, 6.07) is 5.87. The first-order chi connectivity index (χ1) is 23.4. The number of hydrogen-bond donors (Lipinski definition) is 3. The lowest BCUT2D eigenvalue weighted by molar-refractivity contribution is -0.144. The molecule has 13 heteroatoms. The van der Waals surface area contributed by atoms with Crippen molar-refractivity contribution in [1.82, 2.24) is 25.4 Å². The Labute approximate surface area is 300 Å². The highest BCUT2D eigenvalue weighted by atomic mass is 32.1. The van der Waals surface area contributed by atoms with Gasteiger partial charge in [0.25, 0.3) is 0 Å². The van der Waals surface area contributed by atoms with Crippen molar-refractivity contribution in [2.24, 2.45) is 5.41 Å². The number of aliphatic hydroxyl groups is 1. The molecule has 1 aromatic carbocycles. The van der Waals surface area contributed by atoms with E-state index in [1.54, 1.807) is 16.2 Å². The fourth-order valence-corrected chi connectivity index (χ4v) is 7.07. The van der Waals surface area contributed by atoms with Gasteiger partial charge in [0.15, 0.2) is 0 Å². The Morgan fingerprint density at radius 2 is 1.70 bits per heavy atom. The summed E-state index contributed by atoms with van der Waals surface area (Å²) in [6.45, 7) is 16.5. The third kappa shape index (κ3) is 10.7. The van der Waals surface area contributed by atoms with E-state index in [9.17, 15) is 24.3 Å². The van der Waals surface area contributed by atoms with Crippen LogP contribution in [0.4, 0.5) is 4.79 Å². The van der Waals surface area contributed by atoms with Gasteiger partial charge in [-0.15, -0.1) is 11.3 Å². The van der Waals surface area contributed by atoms with Gasteiger partial charge in [-0.2, -0.15) is 0 Å². The average Bonchev–Trinajstić information content (AvgIpc) is 3.65. The fourth-order valence-electron chi connectivity index (χ4n) is 6.26. The second-order valence-corrected chi connectivity index (χ2v) is 16.4. The van der Waals surface area contributed by atoms with Crippen LogP contribution in [0, 0.1) is 12.3 Å². The van der Waals surface area contributed by atoms with E-state index in [1.807, 2.05) is 85.2 Å². The van der Waals surface area contributed by atoms with Crippen LogP contribution >= 0.6 is 11.3 Å². The summed E-state index contributed by atoms with van der Waals surface area (Å²) >= 11 is 1.58. The second kappa shape index (κ2) is 16.6. The Morgan fingerprint density at radius 3 is 2.28 bits per heavy atom. The largest absolute Gasteiger partial charge is 0.444 e. The number of hydrogen-bond acceptors (Lipinski definition) is 9. The maximum atomic E-state index is 14.0. The van der Waals surface area contributed by atoms with Crippen LogP contribution in [0.25, 0.3) is 10.4 Å². The lowest BCUT2D eigenvalue weighted by Gasteiger charge is -2.35. The number of nitrogens with one attached hydrogen (secondary N) is 2. The van der Waals surface area contributed by atoms with Crippen LogP contribution < -0.4 is 10.6 Å². The van der Waals surface area contributed by atoms with E-state index >= 15 is 0 Å². The Balaban J connectivity index is 1.27. The highest BCUT2D eigenvalue weighted by Crippen LogP contribution is 2.30. The molecule has 0 bridgehead atoms. The zero-order chi connectivity index (χ0) is 36.8. The first-order valence-corrected chi connectivity index (χ1v) is 18.5. The minimum Gasteiger partial charge on any atom is -0.444 e. The molecule has 4 atom stereocenters. The molecule has 50 heavy (non-hydrogen) atoms. The SMILES string of the molecule is Cc1ncsc1-c1ccc(C(C)NC(=O)[C@@H]2C[C@@H](O)CN2C(=O)C(NC(=O)CCCOC2CCN(C(=O)OC(C)(C)C)CC2)C(C)(C)C)cc1. The standard InChI is InChI=1S/C37H55N5O7S/c1-23(25-11-13-26(14-12-25)31-24(2)38-22-50-31)39-33(45)29-20-27(43)21-42(29)34(46)32(36(3,4)5)40-30(44)10-9-19-48-28-15-17-41(18-16-28)35(47)49-37(6,7)8/h11-14,22-23,27-29,32,43H,9-10,15-21H2,1-8H3,(H,39,45)(H,40,44)/t23?,27-,29+,32?/m1/s1. The van der Waals surface area contributed by atoms with Crippen molar-refractivity contribution in [3.63, 3.8) is 0 Å². The first-order valence-electron chi connectivity index (χ1n) is 17.6. The van der Waals surface area contributed by atoms with Crippen molar-refractivity contribution in [3.8, 4) is 10.4 Å². The van der Waals surface area contributed by atoms with Crippen LogP contribution in [0.15, 0.2) is 29.8 Å². The average molecular weight is 714 g/mol. The van der Waals surface area contributed by atoms with Crippen LogP contribution in [-0.4, -0.2) is 99.8 Å². The van der Waals surface area contributed by atoms with Crippen molar-refractivity contribution in [2.75, 3.05) is 26.2 Å². The number of carbonyl (C=O) groups is 4. The number of likely N-dealkylation sites (tertiary alicyclic amines) is 2. The molecule has 4 rings (SSSR count). The van der Waals surface area contributed by atoms with Gasteiger partial charge in [0.05, 0.1) is 34.3 Å². The highest BCUT2D eigenvalue weighted by Gasteiger charge is 2.44. The van der Waals surface area contributed by atoms with Crippen LogP contribution in [0.3, 0.4) is 0 Å². The van der Waals surface area contributed by atoms with Gasteiger partial charge in [0.2, 0.25) is 17.7 Å². The molecule has 2 unspecified atom stereocenters. The fraction of sp³-hybridized carbons (Fsp3) is 0.649.